The second-order valence-electron chi connectivity index (χ2n) is 11.7. The Morgan fingerprint density at radius 1 is 0.333 bits per heavy atom. The van der Waals surface area contributed by atoms with E-state index in [4.69, 9.17) is 18.6 Å². The average Bonchev–Trinajstić information content (AvgIpc) is 3.22. The van der Waals surface area contributed by atoms with Gasteiger partial charge in [-0.1, -0.05) is 109 Å². The Hall–Kier alpha value is -5.94. The Morgan fingerprint density at radius 2 is 0.756 bits per heavy atom. The van der Waals surface area contributed by atoms with Crippen LogP contribution >= 0.6 is 0 Å². The Bertz CT molecular complexity index is 2340. The third kappa shape index (κ3) is 3.68. The van der Waals surface area contributed by atoms with E-state index in [-0.39, 0.29) is 0 Å². The van der Waals surface area contributed by atoms with E-state index in [9.17, 15) is 0 Å². The van der Waals surface area contributed by atoms with Crippen molar-refractivity contribution in [2.24, 2.45) is 0 Å². The molecule has 5 heteroatoms. The van der Waals surface area contributed by atoms with Gasteiger partial charge in [0.1, 0.15) is 0 Å². The molecule has 212 valence electrons. The molecule has 1 spiro atoms. The van der Waals surface area contributed by atoms with E-state index in [0.29, 0.717) is 23.0 Å². The van der Waals surface area contributed by atoms with Crippen LogP contribution in [0.2, 0.25) is 0 Å². The van der Waals surface area contributed by atoms with Crippen molar-refractivity contribution >= 4 is 50.0 Å². The first-order valence-electron chi connectivity index (χ1n) is 15.2. The third-order valence-corrected chi connectivity index (χ3v) is 9.13. The van der Waals surface area contributed by atoms with Gasteiger partial charge in [0.05, 0.1) is 23.0 Å². The zero-order valence-electron chi connectivity index (χ0n) is 24.1. The summed E-state index contributed by atoms with van der Waals surface area (Å²) in [6, 6.07) is 49.8. The van der Waals surface area contributed by atoms with Crippen LogP contribution in [0.1, 0.15) is 0 Å². The number of benzene rings is 8. The summed E-state index contributed by atoms with van der Waals surface area (Å²) in [6.07, 6.45) is 0. The van der Waals surface area contributed by atoms with Gasteiger partial charge in [-0.05, 0) is 90.6 Å². The first kappa shape index (κ1) is 24.5. The summed E-state index contributed by atoms with van der Waals surface area (Å²) in [4.78, 5) is 0. The molecule has 0 radical (unpaired) electrons. The summed E-state index contributed by atoms with van der Waals surface area (Å²) in [6.45, 7) is -2.91. The minimum atomic E-state index is -2.91. The SMILES string of the molecule is c1cc2c3cc(ccc3c1)O[B-]1(Oc3ccc4cccc-2c4c3)Oc2ccc3ccccc3c2-c2c(ccc3ccccc23)O1. The monoisotopic (exact) mass is 579 g/mol. The van der Waals surface area contributed by atoms with Crippen molar-refractivity contribution in [3.63, 3.8) is 0 Å². The molecule has 2 aliphatic rings. The topological polar surface area (TPSA) is 36.9 Å². The molecule has 0 unspecified atom stereocenters. The number of hydrogen-bond donors (Lipinski definition) is 0. The van der Waals surface area contributed by atoms with Crippen LogP contribution in [0, 0.1) is 0 Å². The van der Waals surface area contributed by atoms with Gasteiger partial charge in [0.25, 0.3) is 0 Å². The fraction of sp³-hybridized carbons (Fsp3) is 0. The Morgan fingerprint density at radius 3 is 1.27 bits per heavy atom. The zero-order valence-corrected chi connectivity index (χ0v) is 24.1. The zero-order chi connectivity index (χ0) is 29.5. The van der Waals surface area contributed by atoms with E-state index < -0.39 is 6.96 Å². The molecule has 0 saturated carbocycles. The highest BCUT2D eigenvalue weighted by Crippen LogP contribution is 2.49. The molecule has 4 nitrogen and oxygen atoms in total. The molecule has 0 fully saturated rings. The standard InChI is InChI=1S/C40H24BO4/c1-3-11-31-25(7-1)17-21-37-39(31)40-32-12-4-2-8-26(32)18-22-38(40)45-41(44-37)42-29-19-15-27-9-5-13-33(35(27)23-29)34-14-6-10-28-16-20-30(43-41)24-36(28)34/h1-24H/q-1. The second kappa shape index (κ2) is 9.04. The molecular weight excluding hydrogens is 555 g/mol. The summed E-state index contributed by atoms with van der Waals surface area (Å²) in [5, 5.41) is 8.72. The van der Waals surface area contributed by atoms with Crippen molar-refractivity contribution in [2.45, 2.75) is 0 Å². The van der Waals surface area contributed by atoms with Crippen LogP contribution in [0.25, 0.3) is 65.3 Å². The van der Waals surface area contributed by atoms with Crippen LogP contribution in [0.5, 0.6) is 23.0 Å². The van der Waals surface area contributed by atoms with Crippen molar-refractivity contribution < 1.29 is 18.6 Å². The summed E-state index contributed by atoms with van der Waals surface area (Å²) in [7, 11) is 0. The Balaban J connectivity index is 1.29. The lowest BCUT2D eigenvalue weighted by molar-refractivity contribution is 0.164. The molecule has 0 aliphatic carbocycles. The molecule has 0 amide bonds. The molecule has 0 aromatic heterocycles. The van der Waals surface area contributed by atoms with E-state index in [0.717, 1.165) is 65.3 Å². The average molecular weight is 579 g/mol. The van der Waals surface area contributed by atoms with Gasteiger partial charge in [-0.3, -0.25) is 0 Å². The van der Waals surface area contributed by atoms with Crippen molar-refractivity contribution in [1.82, 2.24) is 0 Å². The first-order valence-corrected chi connectivity index (χ1v) is 15.2. The maximum absolute atomic E-state index is 6.93. The summed E-state index contributed by atoms with van der Waals surface area (Å²) >= 11 is 0. The molecule has 8 aromatic rings. The lowest BCUT2D eigenvalue weighted by Gasteiger charge is -2.40. The molecule has 0 N–H and O–H groups in total. The Kier molecular flexibility index (Phi) is 4.92. The molecular formula is C40H24BO4-. The highest BCUT2D eigenvalue weighted by Gasteiger charge is 2.46. The molecule has 4 bridgehead atoms. The maximum Gasteiger partial charge on any atom is 0.777 e. The van der Waals surface area contributed by atoms with E-state index in [1.807, 2.05) is 24.3 Å². The molecule has 0 atom stereocenters. The van der Waals surface area contributed by atoms with Crippen LogP contribution in [0.3, 0.4) is 0 Å². The fourth-order valence-electron chi connectivity index (χ4n) is 7.12. The van der Waals surface area contributed by atoms with E-state index in [1.54, 1.807) is 0 Å². The number of fused-ring (bicyclic) bond motifs is 10. The van der Waals surface area contributed by atoms with Gasteiger partial charge >= 0.3 is 6.96 Å². The van der Waals surface area contributed by atoms with Crippen LogP contribution in [-0.2, 0) is 0 Å². The second-order valence-corrected chi connectivity index (χ2v) is 11.7. The molecule has 0 saturated heterocycles. The quantitative estimate of drug-likeness (QED) is 0.168. The van der Waals surface area contributed by atoms with Crippen molar-refractivity contribution in [3.8, 4) is 45.3 Å². The van der Waals surface area contributed by atoms with Gasteiger partial charge in [-0.25, -0.2) is 0 Å². The predicted molar refractivity (Wildman–Crippen MR) is 182 cm³/mol. The molecule has 45 heavy (non-hydrogen) atoms. The predicted octanol–water partition coefficient (Wildman–Crippen LogP) is 10.3. The minimum absolute atomic E-state index is 0.587. The summed E-state index contributed by atoms with van der Waals surface area (Å²) in [5.41, 5.74) is 4.14. The van der Waals surface area contributed by atoms with Gasteiger partial charge in [0.15, 0.2) is 0 Å². The molecule has 2 heterocycles. The van der Waals surface area contributed by atoms with Crippen LogP contribution in [-0.4, -0.2) is 6.96 Å². The van der Waals surface area contributed by atoms with Crippen molar-refractivity contribution in [2.75, 3.05) is 0 Å². The van der Waals surface area contributed by atoms with Crippen molar-refractivity contribution in [1.29, 1.82) is 0 Å². The van der Waals surface area contributed by atoms with Crippen LogP contribution < -0.4 is 18.6 Å². The lowest BCUT2D eigenvalue weighted by atomic mass is 9.92. The van der Waals surface area contributed by atoms with Gasteiger partial charge in [0, 0.05) is 11.1 Å². The van der Waals surface area contributed by atoms with E-state index >= 15 is 0 Å². The van der Waals surface area contributed by atoms with Gasteiger partial charge in [-0.2, -0.15) is 0 Å². The number of hydrogen-bond acceptors (Lipinski definition) is 4. The minimum Gasteiger partial charge on any atom is -0.611 e. The van der Waals surface area contributed by atoms with Gasteiger partial charge in [-0.15, -0.1) is 0 Å². The largest absolute Gasteiger partial charge is 0.777 e. The first-order chi connectivity index (χ1) is 22.2. The smallest absolute Gasteiger partial charge is 0.611 e. The van der Waals surface area contributed by atoms with E-state index in [2.05, 4.69) is 121 Å². The van der Waals surface area contributed by atoms with Crippen molar-refractivity contribution in [3.05, 3.63) is 146 Å². The summed E-state index contributed by atoms with van der Waals surface area (Å²) < 4.78 is 27.5. The maximum atomic E-state index is 6.93. The van der Waals surface area contributed by atoms with Crippen LogP contribution in [0.15, 0.2) is 146 Å². The van der Waals surface area contributed by atoms with Gasteiger partial charge < -0.3 is 18.6 Å². The van der Waals surface area contributed by atoms with E-state index in [1.165, 1.54) is 0 Å². The van der Waals surface area contributed by atoms with Gasteiger partial charge in [0.2, 0.25) is 0 Å². The lowest BCUT2D eigenvalue weighted by Crippen LogP contribution is -2.60. The molecule has 8 aromatic carbocycles. The third-order valence-electron chi connectivity index (χ3n) is 9.13. The fourth-order valence-corrected chi connectivity index (χ4v) is 7.12. The highest BCUT2D eigenvalue weighted by molar-refractivity contribution is 6.57. The molecule has 10 rings (SSSR count). The highest BCUT2D eigenvalue weighted by atomic mass is 16.9. The summed E-state index contributed by atoms with van der Waals surface area (Å²) in [5.74, 6) is 2.43. The Labute approximate surface area is 259 Å². The number of rotatable bonds is 0. The normalized spacial score (nSPS) is 14.2. The van der Waals surface area contributed by atoms with Crippen LogP contribution in [0.4, 0.5) is 0 Å². The molecule has 2 aliphatic heterocycles.